The Hall–Kier alpha value is -3.32. The first-order chi connectivity index (χ1) is 17.8. The predicted octanol–water partition coefficient (Wildman–Crippen LogP) is 0.956. The molecule has 0 spiro atoms. The third kappa shape index (κ3) is 18.6. The summed E-state index contributed by atoms with van der Waals surface area (Å²) in [6.45, 7) is 13.8. The second-order valence-corrected chi connectivity index (χ2v) is 7.20. The fourth-order valence-corrected chi connectivity index (χ4v) is 2.45. The summed E-state index contributed by atoms with van der Waals surface area (Å²) in [6, 6.07) is 0. The second kappa shape index (κ2) is 21.9. The van der Waals surface area contributed by atoms with Crippen molar-refractivity contribution in [1.82, 2.24) is 0 Å². The Kier molecular flexibility index (Phi) is 20.0. The molecule has 0 aromatic carbocycles. The summed E-state index contributed by atoms with van der Waals surface area (Å²) < 4.78 is 42.3. The lowest BCUT2D eigenvalue weighted by Crippen LogP contribution is -2.43. The van der Waals surface area contributed by atoms with Crippen molar-refractivity contribution < 1.29 is 57.1 Å². The molecule has 0 rings (SSSR count). The number of esters is 4. The van der Waals surface area contributed by atoms with Gasteiger partial charge in [0.15, 0.2) is 0 Å². The van der Waals surface area contributed by atoms with Crippen molar-refractivity contribution in [2.75, 3.05) is 79.3 Å². The maximum absolute atomic E-state index is 11.2. The Bertz CT molecular complexity index is 620. The number of carbonyl (C=O) groups excluding carboxylic acids is 4. The van der Waals surface area contributed by atoms with Gasteiger partial charge >= 0.3 is 23.9 Å². The zero-order valence-electron chi connectivity index (χ0n) is 21.0. The highest BCUT2D eigenvalue weighted by Gasteiger charge is 2.33. The summed E-state index contributed by atoms with van der Waals surface area (Å²) in [4.78, 5) is 44.8. The van der Waals surface area contributed by atoms with Crippen molar-refractivity contribution in [1.29, 1.82) is 0 Å². The van der Waals surface area contributed by atoms with Crippen LogP contribution in [0.15, 0.2) is 50.6 Å². The van der Waals surface area contributed by atoms with Crippen molar-refractivity contribution >= 4 is 23.9 Å². The Morgan fingerprint density at radius 2 is 0.649 bits per heavy atom. The molecule has 0 fully saturated rings. The fourth-order valence-electron chi connectivity index (χ4n) is 2.45. The number of ether oxygens (including phenoxy) is 8. The first-order valence-corrected chi connectivity index (χ1v) is 11.3. The number of carbonyl (C=O) groups is 4. The molecule has 0 radical (unpaired) electrons. The van der Waals surface area contributed by atoms with Crippen LogP contribution in [0, 0.1) is 5.41 Å². The fraction of sp³-hybridized carbons (Fsp3) is 0.520. The molecule has 0 aliphatic carbocycles. The molecule has 0 aliphatic rings. The highest BCUT2D eigenvalue weighted by Crippen LogP contribution is 2.21. The van der Waals surface area contributed by atoms with E-state index in [9.17, 15) is 19.2 Å². The molecule has 0 amide bonds. The van der Waals surface area contributed by atoms with Crippen LogP contribution < -0.4 is 0 Å². The van der Waals surface area contributed by atoms with Crippen molar-refractivity contribution in [3.05, 3.63) is 50.6 Å². The van der Waals surface area contributed by atoms with E-state index in [2.05, 4.69) is 26.3 Å². The monoisotopic (exact) mass is 528 g/mol. The molecule has 0 bridgehead atoms. The molecule has 12 heteroatoms. The van der Waals surface area contributed by atoms with Gasteiger partial charge in [-0.05, 0) is 0 Å². The van der Waals surface area contributed by atoms with Crippen LogP contribution in [-0.4, -0.2) is 103 Å². The number of hydrogen-bond donors (Lipinski definition) is 0. The summed E-state index contributed by atoms with van der Waals surface area (Å²) in [7, 11) is 0. The quantitative estimate of drug-likeness (QED) is 0.0762. The van der Waals surface area contributed by atoms with E-state index in [1.165, 1.54) is 0 Å². The zero-order chi connectivity index (χ0) is 27.8. The van der Waals surface area contributed by atoms with Crippen LogP contribution in [0.1, 0.15) is 0 Å². The highest BCUT2D eigenvalue weighted by atomic mass is 16.6. The Morgan fingerprint density at radius 3 is 0.838 bits per heavy atom. The van der Waals surface area contributed by atoms with Gasteiger partial charge in [0.05, 0.1) is 58.3 Å². The van der Waals surface area contributed by atoms with Crippen molar-refractivity contribution in [3.63, 3.8) is 0 Å². The van der Waals surface area contributed by atoms with E-state index in [4.69, 9.17) is 37.9 Å². The zero-order valence-corrected chi connectivity index (χ0v) is 21.0. The van der Waals surface area contributed by atoms with Crippen molar-refractivity contribution in [3.8, 4) is 0 Å². The standard InChI is InChI=1S/C25H36O12/c1-5-21(26)34-13-9-30-17-25(18-31-10-14-35-22(27)6-2,19-32-11-15-36-23(28)7-3)20-33-12-16-37-24(29)8-4/h5-8H,1-4,9-20H2. The molecule has 37 heavy (non-hydrogen) atoms. The van der Waals surface area contributed by atoms with Gasteiger partial charge in [-0.25, -0.2) is 19.2 Å². The maximum Gasteiger partial charge on any atom is 0.330 e. The normalized spacial score (nSPS) is 10.6. The molecular formula is C25H36O12. The van der Waals surface area contributed by atoms with E-state index in [-0.39, 0.29) is 79.3 Å². The van der Waals surface area contributed by atoms with Gasteiger partial charge in [-0.1, -0.05) is 26.3 Å². The lowest BCUT2D eigenvalue weighted by molar-refractivity contribution is -0.146. The topological polar surface area (TPSA) is 142 Å². The summed E-state index contributed by atoms with van der Waals surface area (Å²) in [6.07, 6.45) is 4.16. The lowest BCUT2D eigenvalue weighted by Gasteiger charge is -2.33. The molecule has 0 saturated carbocycles. The summed E-state index contributed by atoms with van der Waals surface area (Å²) in [5, 5.41) is 0. The highest BCUT2D eigenvalue weighted by molar-refractivity contribution is 5.82. The van der Waals surface area contributed by atoms with Gasteiger partial charge in [0.25, 0.3) is 0 Å². The molecule has 0 saturated heterocycles. The van der Waals surface area contributed by atoms with E-state index in [0.29, 0.717) is 0 Å². The van der Waals surface area contributed by atoms with Gasteiger partial charge in [-0.15, -0.1) is 0 Å². The van der Waals surface area contributed by atoms with E-state index >= 15 is 0 Å². The third-order valence-electron chi connectivity index (χ3n) is 4.19. The minimum atomic E-state index is -0.879. The summed E-state index contributed by atoms with van der Waals surface area (Å²) in [5.74, 6) is -2.33. The summed E-state index contributed by atoms with van der Waals surface area (Å²) in [5.41, 5.74) is -0.879. The molecule has 0 atom stereocenters. The van der Waals surface area contributed by atoms with E-state index in [1.54, 1.807) is 0 Å². The van der Waals surface area contributed by atoms with E-state index < -0.39 is 29.3 Å². The Balaban J connectivity index is 5.11. The lowest BCUT2D eigenvalue weighted by atomic mass is 9.92. The van der Waals surface area contributed by atoms with Gasteiger partial charge in [-0.2, -0.15) is 0 Å². The minimum Gasteiger partial charge on any atom is -0.460 e. The van der Waals surface area contributed by atoms with Crippen LogP contribution in [0.3, 0.4) is 0 Å². The molecule has 12 nitrogen and oxygen atoms in total. The molecule has 0 unspecified atom stereocenters. The van der Waals surface area contributed by atoms with Crippen LogP contribution in [0.5, 0.6) is 0 Å². The average molecular weight is 529 g/mol. The van der Waals surface area contributed by atoms with E-state index in [1.807, 2.05) is 0 Å². The number of hydrogen-bond acceptors (Lipinski definition) is 12. The molecule has 0 aliphatic heterocycles. The molecule has 0 N–H and O–H groups in total. The first kappa shape index (κ1) is 33.7. The average Bonchev–Trinajstić information content (AvgIpc) is 2.91. The van der Waals surface area contributed by atoms with Crippen molar-refractivity contribution in [2.45, 2.75) is 0 Å². The Morgan fingerprint density at radius 1 is 0.432 bits per heavy atom. The molecular weight excluding hydrogens is 492 g/mol. The van der Waals surface area contributed by atoms with Gasteiger partial charge < -0.3 is 37.9 Å². The van der Waals surface area contributed by atoms with Gasteiger partial charge in [0.1, 0.15) is 26.4 Å². The van der Waals surface area contributed by atoms with Crippen LogP contribution in [-0.2, 0) is 57.1 Å². The maximum atomic E-state index is 11.2. The Labute approximate surface area is 216 Å². The van der Waals surface area contributed by atoms with Crippen LogP contribution in [0.25, 0.3) is 0 Å². The van der Waals surface area contributed by atoms with Crippen LogP contribution >= 0.6 is 0 Å². The van der Waals surface area contributed by atoms with E-state index in [0.717, 1.165) is 24.3 Å². The van der Waals surface area contributed by atoms with Crippen LogP contribution in [0.2, 0.25) is 0 Å². The summed E-state index contributed by atoms with van der Waals surface area (Å²) >= 11 is 0. The SMILES string of the molecule is C=CC(=O)OCCOCC(COCCOC(=O)C=C)(COCCOC(=O)C=C)COCCOC(=O)C=C. The smallest absolute Gasteiger partial charge is 0.330 e. The van der Waals surface area contributed by atoms with Crippen molar-refractivity contribution in [2.24, 2.45) is 5.41 Å². The molecule has 0 aromatic rings. The van der Waals surface area contributed by atoms with Crippen LogP contribution in [0.4, 0.5) is 0 Å². The minimum absolute atomic E-state index is 0.00395. The van der Waals surface area contributed by atoms with Gasteiger partial charge in [0, 0.05) is 24.3 Å². The number of rotatable bonds is 24. The van der Waals surface area contributed by atoms with Gasteiger partial charge in [-0.3, -0.25) is 0 Å². The molecule has 0 aromatic heterocycles. The largest absolute Gasteiger partial charge is 0.460 e. The van der Waals surface area contributed by atoms with Gasteiger partial charge in [0.2, 0.25) is 0 Å². The predicted molar refractivity (Wildman–Crippen MR) is 130 cm³/mol. The third-order valence-corrected chi connectivity index (χ3v) is 4.19. The molecule has 208 valence electrons. The first-order valence-electron chi connectivity index (χ1n) is 11.3. The second-order valence-electron chi connectivity index (χ2n) is 7.20. The molecule has 0 heterocycles.